The third-order valence-electron chi connectivity index (χ3n) is 0.988. The van der Waals surface area contributed by atoms with E-state index in [0.717, 1.165) is 13.1 Å². The molecule has 0 rings (SSSR count). The molecule has 0 aromatic heterocycles. The van der Waals surface area contributed by atoms with Gasteiger partial charge in [-0.05, 0) is 34.6 Å². The lowest BCUT2D eigenvalue weighted by atomic mass is 10.4. The van der Waals surface area contributed by atoms with Gasteiger partial charge in [0.25, 0.3) is 0 Å². The highest BCUT2D eigenvalue weighted by Crippen LogP contribution is 1.82. The molecule has 0 aromatic rings. The van der Waals surface area contributed by atoms with Crippen LogP contribution in [0, 0.1) is 6.42 Å². The molecule has 0 aliphatic carbocycles. The minimum Gasteiger partial charge on any atom is -0.309 e. The second-order valence-electron chi connectivity index (χ2n) is 2.81. The van der Waals surface area contributed by atoms with E-state index in [2.05, 4.69) is 44.4 Å². The van der Waals surface area contributed by atoms with Gasteiger partial charge in [-0.1, -0.05) is 0 Å². The van der Waals surface area contributed by atoms with Crippen molar-refractivity contribution in [3.05, 3.63) is 6.42 Å². The van der Waals surface area contributed by atoms with Crippen molar-refractivity contribution in [3.63, 3.8) is 0 Å². The number of rotatable bonds is 4. The lowest BCUT2D eigenvalue weighted by Gasteiger charge is -2.12. The third kappa shape index (κ3) is 7.92. The molecule has 0 amide bonds. The Morgan fingerprint density at radius 3 is 1.44 bits per heavy atom. The van der Waals surface area contributed by atoms with Crippen molar-refractivity contribution in [2.24, 2.45) is 0 Å². The van der Waals surface area contributed by atoms with Gasteiger partial charge in [0.2, 0.25) is 0 Å². The maximum absolute atomic E-state index is 2.25. The maximum Gasteiger partial charge on any atom is 0.00194 e. The standard InChI is InChI=1S/C7H17N2/c1-8(2)6-5-7-9(3)4/h5H,6-7H2,1-4H3. The molecule has 0 saturated carbocycles. The SMILES string of the molecule is CN(C)C[CH]CN(C)C. The Morgan fingerprint density at radius 1 is 0.889 bits per heavy atom. The summed E-state index contributed by atoms with van der Waals surface area (Å²) in [6, 6.07) is 0. The number of hydrogen-bond donors (Lipinski definition) is 0. The zero-order chi connectivity index (χ0) is 7.28. The molecular formula is C7H17N2. The van der Waals surface area contributed by atoms with E-state index in [9.17, 15) is 0 Å². The predicted octanol–water partition coefficient (Wildman–Crippen LogP) is 0.314. The highest BCUT2D eigenvalue weighted by molar-refractivity contribution is 4.69. The van der Waals surface area contributed by atoms with Crippen LogP contribution in [0.5, 0.6) is 0 Å². The van der Waals surface area contributed by atoms with E-state index in [4.69, 9.17) is 0 Å². The molecule has 9 heavy (non-hydrogen) atoms. The quantitative estimate of drug-likeness (QED) is 0.539. The molecule has 55 valence electrons. The molecule has 0 fully saturated rings. The van der Waals surface area contributed by atoms with Gasteiger partial charge < -0.3 is 9.80 Å². The molecule has 0 saturated heterocycles. The fourth-order valence-corrected chi connectivity index (χ4v) is 0.574. The van der Waals surface area contributed by atoms with Crippen LogP contribution in [0.15, 0.2) is 0 Å². The summed E-state index contributed by atoms with van der Waals surface area (Å²) in [4.78, 5) is 4.31. The van der Waals surface area contributed by atoms with Crippen LogP contribution in [0.4, 0.5) is 0 Å². The molecule has 0 heterocycles. The molecular weight excluding hydrogens is 112 g/mol. The average molecular weight is 129 g/mol. The van der Waals surface area contributed by atoms with Crippen molar-refractivity contribution in [1.29, 1.82) is 0 Å². The first-order chi connectivity index (χ1) is 4.13. The summed E-state index contributed by atoms with van der Waals surface area (Å²) in [5, 5.41) is 0. The van der Waals surface area contributed by atoms with Crippen LogP contribution in [0.3, 0.4) is 0 Å². The van der Waals surface area contributed by atoms with Crippen LogP contribution in [-0.2, 0) is 0 Å². The van der Waals surface area contributed by atoms with E-state index in [-0.39, 0.29) is 0 Å². The van der Waals surface area contributed by atoms with E-state index < -0.39 is 0 Å². The summed E-state index contributed by atoms with van der Waals surface area (Å²) in [6.07, 6.45) is 2.25. The highest BCUT2D eigenvalue weighted by Gasteiger charge is 1.91. The molecule has 0 spiro atoms. The van der Waals surface area contributed by atoms with E-state index in [1.54, 1.807) is 0 Å². The summed E-state index contributed by atoms with van der Waals surface area (Å²) < 4.78 is 0. The zero-order valence-corrected chi connectivity index (χ0v) is 6.89. The smallest absolute Gasteiger partial charge is 0.00194 e. The van der Waals surface area contributed by atoms with Gasteiger partial charge in [0.15, 0.2) is 0 Å². The van der Waals surface area contributed by atoms with Crippen molar-refractivity contribution in [3.8, 4) is 0 Å². The first-order valence-corrected chi connectivity index (χ1v) is 3.24. The fraction of sp³-hybridized carbons (Fsp3) is 0.857. The Labute approximate surface area is 58.4 Å². The minimum atomic E-state index is 1.07. The zero-order valence-electron chi connectivity index (χ0n) is 6.89. The molecule has 0 N–H and O–H groups in total. The van der Waals surface area contributed by atoms with Gasteiger partial charge >= 0.3 is 0 Å². The van der Waals surface area contributed by atoms with Gasteiger partial charge in [0.1, 0.15) is 0 Å². The summed E-state index contributed by atoms with van der Waals surface area (Å²) in [7, 11) is 8.30. The molecule has 2 heteroatoms. The van der Waals surface area contributed by atoms with Crippen LogP contribution in [-0.4, -0.2) is 51.1 Å². The summed E-state index contributed by atoms with van der Waals surface area (Å²) in [6.45, 7) is 2.14. The molecule has 0 aromatic carbocycles. The van der Waals surface area contributed by atoms with E-state index in [1.165, 1.54) is 0 Å². The van der Waals surface area contributed by atoms with Crippen LogP contribution >= 0.6 is 0 Å². The molecule has 0 unspecified atom stereocenters. The van der Waals surface area contributed by atoms with Crippen molar-refractivity contribution in [2.75, 3.05) is 41.3 Å². The Hall–Kier alpha value is -0.0800. The van der Waals surface area contributed by atoms with Gasteiger partial charge in [-0.3, -0.25) is 0 Å². The second kappa shape index (κ2) is 4.77. The molecule has 0 aliphatic rings. The first-order valence-electron chi connectivity index (χ1n) is 3.24. The van der Waals surface area contributed by atoms with Gasteiger partial charge in [-0.2, -0.15) is 0 Å². The van der Waals surface area contributed by atoms with Gasteiger partial charge in [-0.25, -0.2) is 0 Å². The number of hydrogen-bond acceptors (Lipinski definition) is 2. The molecule has 1 radical (unpaired) electrons. The van der Waals surface area contributed by atoms with E-state index in [0.29, 0.717) is 0 Å². The number of nitrogens with zero attached hydrogens (tertiary/aromatic N) is 2. The van der Waals surface area contributed by atoms with Gasteiger partial charge in [0.05, 0.1) is 0 Å². The summed E-state index contributed by atoms with van der Waals surface area (Å²) >= 11 is 0. The van der Waals surface area contributed by atoms with Crippen molar-refractivity contribution in [2.45, 2.75) is 0 Å². The fourth-order valence-electron chi connectivity index (χ4n) is 0.574. The normalized spacial score (nSPS) is 11.3. The predicted molar refractivity (Wildman–Crippen MR) is 41.4 cm³/mol. The van der Waals surface area contributed by atoms with Gasteiger partial charge in [0, 0.05) is 13.1 Å². The molecule has 2 nitrogen and oxygen atoms in total. The monoisotopic (exact) mass is 129 g/mol. The van der Waals surface area contributed by atoms with Crippen LogP contribution < -0.4 is 0 Å². The van der Waals surface area contributed by atoms with Crippen LogP contribution in [0.2, 0.25) is 0 Å². The van der Waals surface area contributed by atoms with Crippen LogP contribution in [0.25, 0.3) is 0 Å². The topological polar surface area (TPSA) is 6.48 Å². The lowest BCUT2D eigenvalue weighted by Crippen LogP contribution is -2.20. The lowest BCUT2D eigenvalue weighted by molar-refractivity contribution is 0.391. The summed E-state index contributed by atoms with van der Waals surface area (Å²) in [5.74, 6) is 0. The molecule has 0 bridgehead atoms. The molecule has 0 atom stereocenters. The van der Waals surface area contributed by atoms with E-state index in [1.807, 2.05) is 0 Å². The van der Waals surface area contributed by atoms with Gasteiger partial charge in [-0.15, -0.1) is 0 Å². The Bertz CT molecular complexity index is 51.9. The average Bonchev–Trinajstić information content (AvgIpc) is 1.63. The largest absolute Gasteiger partial charge is 0.309 e. The second-order valence-corrected chi connectivity index (χ2v) is 2.81. The van der Waals surface area contributed by atoms with Crippen molar-refractivity contribution >= 4 is 0 Å². The third-order valence-corrected chi connectivity index (χ3v) is 0.988. The van der Waals surface area contributed by atoms with Crippen molar-refractivity contribution in [1.82, 2.24) is 9.80 Å². The highest BCUT2D eigenvalue weighted by atomic mass is 15.1. The Morgan fingerprint density at radius 2 is 1.22 bits per heavy atom. The maximum atomic E-state index is 2.25. The van der Waals surface area contributed by atoms with Crippen LogP contribution in [0.1, 0.15) is 0 Å². The minimum absolute atomic E-state index is 1.07. The Kier molecular flexibility index (Phi) is 4.72. The first kappa shape index (κ1) is 8.92. The summed E-state index contributed by atoms with van der Waals surface area (Å²) in [5.41, 5.74) is 0. The Balaban J connectivity index is 2.91. The molecule has 0 aliphatic heterocycles. The van der Waals surface area contributed by atoms with E-state index >= 15 is 0 Å². The van der Waals surface area contributed by atoms with Crippen molar-refractivity contribution < 1.29 is 0 Å².